The van der Waals surface area contributed by atoms with Gasteiger partial charge in [0.05, 0.1) is 19.8 Å². The quantitative estimate of drug-likeness (QED) is 0.0232. The third-order valence-electron chi connectivity index (χ3n) is 11.1. The van der Waals surface area contributed by atoms with Gasteiger partial charge in [0.1, 0.15) is 12.1 Å². The van der Waals surface area contributed by atoms with E-state index in [0.29, 0.717) is 13.0 Å². The Hall–Kier alpha value is -2.07. The molecular weight excluding hydrogens is 814 g/mol. The fraction of sp³-hybridized carbons (Fsp3) is 0.808. The number of hydrogen-bond acceptors (Lipinski definition) is 8. The summed E-state index contributed by atoms with van der Waals surface area (Å²) in [6.45, 7) is 3.76. The maximum atomic E-state index is 12.7. The number of hydrogen-bond donors (Lipinski definition) is 3. The first kappa shape index (κ1) is 60.9. The highest BCUT2D eigenvalue weighted by molar-refractivity contribution is 7.47. The average molecular weight is 910 g/mol. The predicted molar refractivity (Wildman–Crippen MR) is 263 cm³/mol. The number of carboxylic acids is 1. The highest BCUT2D eigenvalue weighted by Crippen LogP contribution is 2.43. The summed E-state index contributed by atoms with van der Waals surface area (Å²) >= 11 is 0. The highest BCUT2D eigenvalue weighted by atomic mass is 31.2. The minimum Gasteiger partial charge on any atom is -0.480 e. The first-order chi connectivity index (χ1) is 30.7. The van der Waals surface area contributed by atoms with E-state index in [1.165, 1.54) is 128 Å². The molecule has 0 saturated carbocycles. The van der Waals surface area contributed by atoms with Crippen molar-refractivity contribution in [1.82, 2.24) is 0 Å². The zero-order valence-corrected chi connectivity index (χ0v) is 41.3. The van der Waals surface area contributed by atoms with Crippen LogP contribution in [0.3, 0.4) is 0 Å². The average Bonchev–Trinajstić information content (AvgIpc) is 3.26. The molecule has 0 rings (SSSR count). The summed E-state index contributed by atoms with van der Waals surface area (Å²) in [6.07, 6.45) is 57.5. The molecular formula is C52H96NO9P. The summed E-state index contributed by atoms with van der Waals surface area (Å²) in [4.78, 5) is 33.7. The Balaban J connectivity index is 4.13. The zero-order chi connectivity index (χ0) is 46.2. The Morgan fingerprint density at radius 1 is 0.524 bits per heavy atom. The van der Waals surface area contributed by atoms with Crippen LogP contribution in [0.1, 0.15) is 232 Å². The number of aliphatic carboxylic acids is 1. The van der Waals surface area contributed by atoms with Crippen LogP contribution in [0.2, 0.25) is 0 Å². The maximum absolute atomic E-state index is 12.7. The van der Waals surface area contributed by atoms with E-state index in [9.17, 15) is 19.0 Å². The lowest BCUT2D eigenvalue weighted by Gasteiger charge is -2.20. The van der Waals surface area contributed by atoms with Gasteiger partial charge in [-0.25, -0.2) is 4.57 Å². The molecule has 63 heavy (non-hydrogen) atoms. The Morgan fingerprint density at radius 3 is 1.38 bits per heavy atom. The molecule has 4 N–H and O–H groups in total. The number of rotatable bonds is 49. The van der Waals surface area contributed by atoms with Crippen LogP contribution < -0.4 is 5.73 Å². The van der Waals surface area contributed by atoms with Gasteiger partial charge in [-0.2, -0.15) is 0 Å². The number of phosphoric ester groups is 1. The van der Waals surface area contributed by atoms with Crippen LogP contribution in [0.15, 0.2) is 48.6 Å². The number of allylic oxidation sites excluding steroid dienone is 8. The van der Waals surface area contributed by atoms with Crippen LogP contribution >= 0.6 is 7.82 Å². The van der Waals surface area contributed by atoms with Crippen molar-refractivity contribution >= 4 is 19.8 Å². The van der Waals surface area contributed by atoms with Gasteiger partial charge < -0.3 is 25.2 Å². The molecule has 0 aliphatic heterocycles. The summed E-state index contributed by atoms with van der Waals surface area (Å²) in [7, 11) is -4.63. The summed E-state index contributed by atoms with van der Waals surface area (Å²) in [5, 5.41) is 8.93. The normalized spacial score (nSPS) is 14.1. The number of nitrogens with two attached hydrogens (primary N) is 1. The number of carboxylic acid groups (broad SMARTS) is 1. The van der Waals surface area contributed by atoms with Gasteiger partial charge in [-0.05, 0) is 51.4 Å². The topological polar surface area (TPSA) is 155 Å². The monoisotopic (exact) mass is 910 g/mol. The smallest absolute Gasteiger partial charge is 0.472 e. The Morgan fingerprint density at radius 2 is 0.921 bits per heavy atom. The van der Waals surface area contributed by atoms with E-state index < -0.39 is 45.1 Å². The van der Waals surface area contributed by atoms with Crippen molar-refractivity contribution in [2.75, 3.05) is 26.4 Å². The number of unbranched alkanes of at least 4 members (excludes halogenated alkanes) is 27. The van der Waals surface area contributed by atoms with E-state index in [1.54, 1.807) is 0 Å². The molecule has 0 amide bonds. The van der Waals surface area contributed by atoms with Gasteiger partial charge in [-0.3, -0.25) is 18.6 Å². The minimum atomic E-state index is -4.63. The summed E-state index contributed by atoms with van der Waals surface area (Å²) in [5.74, 6) is -1.78. The molecule has 0 aliphatic carbocycles. The van der Waals surface area contributed by atoms with Gasteiger partial charge in [0, 0.05) is 13.0 Å². The second-order valence-corrected chi connectivity index (χ2v) is 18.7. The fourth-order valence-electron chi connectivity index (χ4n) is 7.19. The van der Waals surface area contributed by atoms with Gasteiger partial charge in [-0.15, -0.1) is 0 Å². The summed E-state index contributed by atoms with van der Waals surface area (Å²) in [5.41, 5.74) is 5.37. The van der Waals surface area contributed by atoms with E-state index >= 15 is 0 Å². The van der Waals surface area contributed by atoms with Gasteiger partial charge in [0.2, 0.25) is 0 Å². The molecule has 368 valence electrons. The third-order valence-corrected chi connectivity index (χ3v) is 12.1. The van der Waals surface area contributed by atoms with Crippen LogP contribution in [0.5, 0.6) is 0 Å². The molecule has 3 atom stereocenters. The Bertz CT molecular complexity index is 1190. The third kappa shape index (κ3) is 47.7. The lowest BCUT2D eigenvalue weighted by Crippen LogP contribution is -2.34. The highest BCUT2D eigenvalue weighted by Gasteiger charge is 2.27. The van der Waals surface area contributed by atoms with E-state index in [4.69, 9.17) is 29.4 Å². The van der Waals surface area contributed by atoms with Crippen molar-refractivity contribution in [2.45, 2.75) is 244 Å². The van der Waals surface area contributed by atoms with Crippen molar-refractivity contribution in [2.24, 2.45) is 5.73 Å². The van der Waals surface area contributed by atoms with Gasteiger partial charge in [0.15, 0.2) is 0 Å². The van der Waals surface area contributed by atoms with Crippen LogP contribution in [-0.4, -0.2) is 60.5 Å². The second kappa shape index (κ2) is 47.9. The zero-order valence-electron chi connectivity index (χ0n) is 40.4. The Labute approximate surface area is 386 Å². The number of carbonyl (C=O) groups is 2. The van der Waals surface area contributed by atoms with E-state index in [2.05, 4.69) is 62.5 Å². The summed E-state index contributed by atoms with van der Waals surface area (Å²) < 4.78 is 33.5. The molecule has 0 heterocycles. The van der Waals surface area contributed by atoms with E-state index in [-0.39, 0.29) is 13.0 Å². The first-order valence-electron chi connectivity index (χ1n) is 25.7. The van der Waals surface area contributed by atoms with E-state index in [1.807, 2.05) is 0 Å². The van der Waals surface area contributed by atoms with Crippen LogP contribution in [0, 0.1) is 0 Å². The maximum Gasteiger partial charge on any atom is 0.472 e. The van der Waals surface area contributed by atoms with Crippen molar-refractivity contribution in [3.05, 3.63) is 48.6 Å². The fourth-order valence-corrected chi connectivity index (χ4v) is 7.96. The molecule has 0 aromatic heterocycles. The Kier molecular flexibility index (Phi) is 46.3. The predicted octanol–water partition coefficient (Wildman–Crippen LogP) is 15.0. The van der Waals surface area contributed by atoms with Crippen LogP contribution in [-0.2, 0) is 32.7 Å². The molecule has 0 aromatic rings. The van der Waals surface area contributed by atoms with Crippen molar-refractivity contribution in [3.63, 3.8) is 0 Å². The van der Waals surface area contributed by atoms with Crippen molar-refractivity contribution in [1.29, 1.82) is 0 Å². The lowest BCUT2D eigenvalue weighted by atomic mass is 10.0. The molecule has 10 nitrogen and oxygen atoms in total. The molecule has 0 aliphatic rings. The molecule has 0 aromatic carbocycles. The molecule has 0 spiro atoms. The number of phosphoric acid groups is 1. The SMILES string of the molecule is CC/C=C\C/C=C\C/C=C\C/C=C\CCCCCCCOCC(COP(=O)(O)OCC(N)C(=O)O)OC(=O)CCCCCCCCCCCCCCCCCCCCCCCCC. The lowest BCUT2D eigenvalue weighted by molar-refractivity contribution is -0.154. The number of esters is 1. The molecule has 11 heteroatoms. The molecule has 0 fully saturated rings. The van der Waals surface area contributed by atoms with Crippen LogP contribution in [0.4, 0.5) is 0 Å². The van der Waals surface area contributed by atoms with E-state index in [0.717, 1.165) is 77.0 Å². The number of ether oxygens (including phenoxy) is 2. The molecule has 0 saturated heterocycles. The van der Waals surface area contributed by atoms with Crippen LogP contribution in [0.25, 0.3) is 0 Å². The van der Waals surface area contributed by atoms with Gasteiger partial charge >= 0.3 is 19.8 Å². The van der Waals surface area contributed by atoms with Gasteiger partial charge in [0.25, 0.3) is 0 Å². The summed E-state index contributed by atoms with van der Waals surface area (Å²) in [6, 6.07) is -1.48. The largest absolute Gasteiger partial charge is 0.480 e. The first-order valence-corrected chi connectivity index (χ1v) is 27.2. The number of carbonyl (C=O) groups excluding carboxylic acids is 1. The second-order valence-electron chi connectivity index (χ2n) is 17.3. The molecule has 0 radical (unpaired) electrons. The molecule has 0 bridgehead atoms. The van der Waals surface area contributed by atoms with Crippen molar-refractivity contribution < 1.29 is 42.7 Å². The molecule has 3 unspecified atom stereocenters. The van der Waals surface area contributed by atoms with Gasteiger partial charge in [-0.1, -0.05) is 223 Å². The van der Waals surface area contributed by atoms with Crippen molar-refractivity contribution in [3.8, 4) is 0 Å². The standard InChI is InChI=1S/C52H96NO9P/c1-3-5-7-9-11-13-15-17-19-21-23-24-25-26-27-28-30-32-34-36-38-40-42-44-51(54)62-49(47-60-63(57,58)61-48-50(53)52(55)56)46-59-45-43-41-39-37-35-33-31-29-22-20-18-16-14-12-10-8-6-4-2/h6,8,12,14,18,20,29,31,49-50H,3-5,7,9-11,13,15-17,19,21-28,30,32-48,53H2,1-2H3,(H,55,56)(H,57,58)/b8-6-,14-12-,20-18-,31-29-. The minimum absolute atomic E-state index is 0.00557.